The molecule has 0 aliphatic carbocycles. The maximum Gasteiger partial charge on any atom is 0.186 e. The van der Waals surface area contributed by atoms with Crippen molar-refractivity contribution >= 4 is 39.5 Å². The molecule has 1 saturated heterocycles. The second kappa shape index (κ2) is 10.7. The number of piperidine rings is 1. The highest BCUT2D eigenvalue weighted by Crippen LogP contribution is 2.21. The third-order valence-electron chi connectivity index (χ3n) is 4.70. The van der Waals surface area contributed by atoms with Gasteiger partial charge in [-0.25, -0.2) is 9.19 Å². The zero-order valence-corrected chi connectivity index (χ0v) is 18.6. The lowest BCUT2D eigenvalue weighted by molar-refractivity contribution is -0.109. The number of pyridine rings is 1. The first-order valence-electron chi connectivity index (χ1n) is 9.67. The van der Waals surface area contributed by atoms with Crippen LogP contribution in [0.25, 0.3) is 0 Å². The van der Waals surface area contributed by atoms with Gasteiger partial charge in [-0.3, -0.25) is 14.3 Å². The number of benzene rings is 1. The molecule has 160 valence electrons. The Morgan fingerprint density at radius 3 is 2.50 bits per heavy atom. The number of carbonyl (C=O) groups excluding carboxylic acids is 2. The van der Waals surface area contributed by atoms with Crippen LogP contribution in [0.5, 0.6) is 5.75 Å². The highest BCUT2D eigenvalue weighted by atomic mass is 32.2. The highest BCUT2D eigenvalue weighted by molar-refractivity contribution is 8.14. The molecular weight excluding hydrogens is 422 g/mol. The van der Waals surface area contributed by atoms with Crippen molar-refractivity contribution in [3.05, 3.63) is 48.2 Å². The zero-order chi connectivity index (χ0) is 21.5. The van der Waals surface area contributed by atoms with Crippen molar-refractivity contribution in [2.75, 3.05) is 30.6 Å². The summed E-state index contributed by atoms with van der Waals surface area (Å²) in [5.41, 5.74) is 0.412. The molecule has 0 radical (unpaired) electrons. The highest BCUT2D eigenvalue weighted by Gasteiger charge is 2.18. The fraction of sp³-hybridized carbons (Fsp3) is 0.381. The Morgan fingerprint density at radius 1 is 1.20 bits per heavy atom. The van der Waals surface area contributed by atoms with Crippen molar-refractivity contribution in [1.29, 1.82) is 0 Å². The lowest BCUT2D eigenvalue weighted by Crippen LogP contribution is -2.35. The van der Waals surface area contributed by atoms with Crippen LogP contribution in [0.15, 0.2) is 47.5 Å². The van der Waals surface area contributed by atoms with Crippen LogP contribution in [-0.4, -0.2) is 57.0 Å². The molecule has 1 aliphatic rings. The van der Waals surface area contributed by atoms with E-state index in [0.29, 0.717) is 16.3 Å². The van der Waals surface area contributed by atoms with E-state index in [-0.39, 0.29) is 22.8 Å². The molecule has 9 heteroatoms. The molecule has 1 atom stereocenters. The molecule has 1 fully saturated rings. The maximum atomic E-state index is 12.6. The van der Waals surface area contributed by atoms with Crippen molar-refractivity contribution < 1.29 is 18.5 Å². The van der Waals surface area contributed by atoms with Gasteiger partial charge in [0.05, 0.1) is 10.6 Å². The van der Waals surface area contributed by atoms with Crippen LogP contribution in [0.1, 0.15) is 30.1 Å². The summed E-state index contributed by atoms with van der Waals surface area (Å²) >= 11 is 0.965. The van der Waals surface area contributed by atoms with Crippen molar-refractivity contribution in [2.45, 2.75) is 30.8 Å². The monoisotopic (exact) mass is 447 g/mol. The van der Waals surface area contributed by atoms with Crippen LogP contribution >= 0.6 is 11.8 Å². The summed E-state index contributed by atoms with van der Waals surface area (Å²) in [7, 11) is 0.623. The van der Waals surface area contributed by atoms with Gasteiger partial charge in [-0.2, -0.15) is 0 Å². The number of thioether (sulfide) groups is 1. The Kier molecular flexibility index (Phi) is 8.01. The molecule has 30 heavy (non-hydrogen) atoms. The van der Waals surface area contributed by atoms with Crippen molar-refractivity contribution in [3.8, 4) is 5.75 Å². The summed E-state index contributed by atoms with van der Waals surface area (Å²) in [4.78, 5) is 30.0. The fourth-order valence-electron chi connectivity index (χ4n) is 2.96. The third-order valence-corrected chi connectivity index (χ3v) is 6.60. The average molecular weight is 448 g/mol. The standard InChI is InChI=1S/C21H25N3O4S2/c1-15(25)29-14-20(26)16-3-8-21(22-13-16)23-30(27)19-6-4-17(5-7-19)28-18-9-11-24(2)12-10-18/h3-8,13,18H,9-12,14H2,1-2H3,(H,22,23). The van der Waals surface area contributed by atoms with Crippen molar-refractivity contribution in [2.24, 2.45) is 0 Å². The van der Waals surface area contributed by atoms with E-state index in [1.54, 1.807) is 24.3 Å². The van der Waals surface area contributed by atoms with Gasteiger partial charge in [-0.05, 0) is 56.3 Å². The summed E-state index contributed by atoms with van der Waals surface area (Å²) in [6, 6.07) is 10.4. The lowest BCUT2D eigenvalue weighted by Gasteiger charge is -2.29. The number of anilines is 1. The Labute approximate surface area is 183 Å². The molecule has 3 rings (SSSR count). The molecule has 0 bridgehead atoms. The molecule has 2 aromatic rings. The summed E-state index contributed by atoms with van der Waals surface area (Å²) in [5, 5.41) is -0.104. The van der Waals surface area contributed by atoms with Gasteiger partial charge in [0, 0.05) is 31.8 Å². The molecule has 7 nitrogen and oxygen atoms in total. The van der Waals surface area contributed by atoms with E-state index in [1.807, 2.05) is 12.1 Å². The fourth-order valence-corrected chi connectivity index (χ4v) is 4.27. The average Bonchev–Trinajstić information content (AvgIpc) is 2.74. The Morgan fingerprint density at radius 2 is 1.90 bits per heavy atom. The summed E-state index contributed by atoms with van der Waals surface area (Å²) < 4.78 is 21.4. The summed E-state index contributed by atoms with van der Waals surface area (Å²) in [5.74, 6) is 1.09. The summed E-state index contributed by atoms with van der Waals surface area (Å²) in [6.45, 7) is 3.49. The first-order chi connectivity index (χ1) is 14.4. The minimum Gasteiger partial charge on any atom is -0.490 e. The van der Waals surface area contributed by atoms with Crippen LogP contribution in [0.3, 0.4) is 0 Å². The predicted octanol–water partition coefficient (Wildman–Crippen LogP) is 3.15. The number of likely N-dealkylation sites (tertiary alicyclic amines) is 1. The molecule has 0 saturated carbocycles. The van der Waals surface area contributed by atoms with Crippen LogP contribution in [0.4, 0.5) is 5.82 Å². The van der Waals surface area contributed by atoms with Gasteiger partial charge >= 0.3 is 0 Å². The predicted molar refractivity (Wildman–Crippen MR) is 119 cm³/mol. The molecule has 0 amide bonds. The number of Topliss-reactive ketones (excluding diaryl/α,β-unsaturated/α-hetero) is 1. The number of aromatic nitrogens is 1. The molecular formula is C21H25N3O4S2. The van der Waals surface area contributed by atoms with Gasteiger partial charge in [0.15, 0.2) is 21.9 Å². The lowest BCUT2D eigenvalue weighted by atomic mass is 10.1. The van der Waals surface area contributed by atoms with E-state index >= 15 is 0 Å². The van der Waals surface area contributed by atoms with Gasteiger partial charge in [0.1, 0.15) is 17.7 Å². The quantitative estimate of drug-likeness (QED) is 0.622. The van der Waals surface area contributed by atoms with E-state index in [9.17, 15) is 13.8 Å². The second-order valence-corrected chi connectivity index (χ2v) is 9.46. The van der Waals surface area contributed by atoms with Crippen molar-refractivity contribution in [3.63, 3.8) is 0 Å². The number of ether oxygens (including phenoxy) is 1. The first kappa shape index (κ1) is 22.5. The maximum absolute atomic E-state index is 12.6. The molecule has 1 unspecified atom stereocenters. The number of nitrogens with one attached hydrogen (secondary N) is 1. The van der Waals surface area contributed by atoms with Crippen LogP contribution in [0.2, 0.25) is 0 Å². The molecule has 1 aromatic heterocycles. The number of carbonyl (C=O) groups is 2. The molecule has 2 heterocycles. The van der Waals surface area contributed by atoms with E-state index in [0.717, 1.165) is 43.4 Å². The number of hydrogen-bond acceptors (Lipinski definition) is 7. The van der Waals surface area contributed by atoms with Gasteiger partial charge in [0.2, 0.25) is 0 Å². The zero-order valence-electron chi connectivity index (χ0n) is 17.0. The smallest absolute Gasteiger partial charge is 0.186 e. The topological polar surface area (TPSA) is 88.6 Å². The van der Waals surface area contributed by atoms with E-state index in [4.69, 9.17) is 4.74 Å². The minimum absolute atomic E-state index is 0.0850. The van der Waals surface area contributed by atoms with E-state index in [1.165, 1.54) is 13.1 Å². The molecule has 0 spiro atoms. The van der Waals surface area contributed by atoms with Crippen LogP contribution in [0, 0.1) is 0 Å². The number of hydrogen-bond donors (Lipinski definition) is 1. The van der Waals surface area contributed by atoms with E-state index < -0.39 is 11.0 Å². The molecule has 1 aromatic carbocycles. The number of rotatable bonds is 8. The van der Waals surface area contributed by atoms with Gasteiger partial charge in [-0.15, -0.1) is 0 Å². The minimum atomic E-state index is -1.49. The Hall–Kier alpha value is -2.23. The Bertz CT molecular complexity index is 895. The SMILES string of the molecule is CC(=O)SCC(=O)c1ccc(NS(=O)c2ccc(OC3CCN(C)CC3)cc2)nc1. The first-order valence-corrected chi connectivity index (χ1v) is 11.8. The van der Waals surface area contributed by atoms with Gasteiger partial charge < -0.3 is 9.64 Å². The third kappa shape index (κ3) is 6.65. The normalized spacial score (nSPS) is 16.1. The Balaban J connectivity index is 1.53. The van der Waals surface area contributed by atoms with Crippen molar-refractivity contribution in [1.82, 2.24) is 9.88 Å². The van der Waals surface area contributed by atoms with Gasteiger partial charge in [0.25, 0.3) is 0 Å². The van der Waals surface area contributed by atoms with Crippen LogP contribution in [-0.2, 0) is 15.8 Å². The largest absolute Gasteiger partial charge is 0.490 e. The van der Waals surface area contributed by atoms with Gasteiger partial charge in [-0.1, -0.05) is 11.8 Å². The summed E-state index contributed by atoms with van der Waals surface area (Å²) in [6.07, 6.45) is 3.64. The molecule has 1 N–H and O–H groups in total. The molecule has 1 aliphatic heterocycles. The van der Waals surface area contributed by atoms with Crippen LogP contribution < -0.4 is 9.46 Å². The second-order valence-electron chi connectivity index (χ2n) is 7.10. The van der Waals surface area contributed by atoms with E-state index in [2.05, 4.69) is 21.7 Å². The number of nitrogens with zero attached hydrogens (tertiary/aromatic N) is 2. The number of ketones is 1.